The van der Waals surface area contributed by atoms with Gasteiger partial charge in [0.25, 0.3) is 5.91 Å². The molecular weight excluding hydrogens is 324 g/mol. The molecule has 4 nitrogen and oxygen atoms in total. The van der Waals surface area contributed by atoms with E-state index in [0.29, 0.717) is 5.92 Å². The van der Waals surface area contributed by atoms with Crippen molar-refractivity contribution >= 4 is 5.91 Å². The molecule has 1 aliphatic carbocycles. The van der Waals surface area contributed by atoms with Crippen molar-refractivity contribution in [1.82, 2.24) is 9.80 Å². The summed E-state index contributed by atoms with van der Waals surface area (Å²) in [5, 5.41) is 0. The molecule has 1 aromatic rings. The van der Waals surface area contributed by atoms with E-state index in [9.17, 15) is 4.79 Å². The fourth-order valence-electron chi connectivity index (χ4n) is 4.82. The minimum absolute atomic E-state index is 0.147. The number of aryl methyl sites for hydroxylation is 2. The van der Waals surface area contributed by atoms with E-state index in [2.05, 4.69) is 17.0 Å². The van der Waals surface area contributed by atoms with Crippen LogP contribution in [0, 0.1) is 5.92 Å². The Labute approximate surface area is 157 Å². The lowest BCUT2D eigenvalue weighted by molar-refractivity contribution is -0.135. The summed E-state index contributed by atoms with van der Waals surface area (Å²) in [5.74, 6) is 1.63. The average molecular weight is 357 g/mol. The first-order chi connectivity index (χ1) is 12.8. The second kappa shape index (κ2) is 8.43. The number of fused-ring (bicyclic) bond motifs is 1. The number of nitrogens with zero attached hydrogens (tertiary/aromatic N) is 2. The number of amides is 1. The van der Waals surface area contributed by atoms with Crippen LogP contribution < -0.4 is 4.74 Å². The van der Waals surface area contributed by atoms with Crippen LogP contribution in [0.2, 0.25) is 0 Å². The Morgan fingerprint density at radius 3 is 2.73 bits per heavy atom. The van der Waals surface area contributed by atoms with Crippen LogP contribution in [0.15, 0.2) is 18.2 Å². The fraction of sp³-hybridized carbons (Fsp3) is 0.682. The molecule has 0 unspecified atom stereocenters. The van der Waals surface area contributed by atoms with Crippen LogP contribution in [-0.4, -0.2) is 55.0 Å². The first kappa shape index (κ1) is 17.8. The smallest absolute Gasteiger partial charge is 0.260 e. The van der Waals surface area contributed by atoms with Crippen molar-refractivity contribution in [3.05, 3.63) is 29.3 Å². The first-order valence-corrected chi connectivity index (χ1v) is 10.5. The quantitative estimate of drug-likeness (QED) is 0.812. The number of hydrogen-bond donors (Lipinski definition) is 0. The molecule has 1 aromatic carbocycles. The second-order valence-corrected chi connectivity index (χ2v) is 8.28. The number of carbonyl (C=O) groups excluding carboxylic acids is 1. The van der Waals surface area contributed by atoms with Crippen molar-refractivity contribution in [2.24, 2.45) is 5.92 Å². The topological polar surface area (TPSA) is 32.8 Å². The van der Waals surface area contributed by atoms with Gasteiger partial charge in [0.05, 0.1) is 0 Å². The van der Waals surface area contributed by atoms with Gasteiger partial charge in [-0.3, -0.25) is 4.79 Å². The molecule has 0 bridgehead atoms. The minimum atomic E-state index is 0.147. The van der Waals surface area contributed by atoms with Gasteiger partial charge in [-0.1, -0.05) is 12.5 Å². The van der Waals surface area contributed by atoms with Gasteiger partial charge < -0.3 is 14.5 Å². The molecular formula is C22H32N2O2. The standard InChI is InChI=1S/C22H32N2O2/c25-22(17-26-21-10-9-19-7-4-8-20(19)14-21)24-13-5-6-18(16-24)15-23-11-2-1-3-12-23/h9-10,14,18H,1-8,11-13,15-17H2/t18-/m1/s1. The van der Waals surface area contributed by atoms with Crippen molar-refractivity contribution in [3.63, 3.8) is 0 Å². The molecule has 2 saturated heterocycles. The molecule has 0 spiro atoms. The van der Waals surface area contributed by atoms with Gasteiger partial charge in [0.2, 0.25) is 0 Å². The highest BCUT2D eigenvalue weighted by Gasteiger charge is 2.26. The van der Waals surface area contributed by atoms with Gasteiger partial charge in [-0.25, -0.2) is 0 Å². The van der Waals surface area contributed by atoms with Crippen molar-refractivity contribution < 1.29 is 9.53 Å². The van der Waals surface area contributed by atoms with E-state index in [1.165, 1.54) is 62.7 Å². The van der Waals surface area contributed by atoms with Gasteiger partial charge in [0.15, 0.2) is 6.61 Å². The lowest BCUT2D eigenvalue weighted by Crippen LogP contribution is -2.46. The maximum absolute atomic E-state index is 12.6. The normalized spacial score (nSPS) is 23.7. The summed E-state index contributed by atoms with van der Waals surface area (Å²) < 4.78 is 5.83. The van der Waals surface area contributed by atoms with Crippen molar-refractivity contribution in [2.75, 3.05) is 39.3 Å². The van der Waals surface area contributed by atoms with Crippen molar-refractivity contribution in [1.29, 1.82) is 0 Å². The largest absolute Gasteiger partial charge is 0.484 e. The van der Waals surface area contributed by atoms with E-state index in [-0.39, 0.29) is 12.5 Å². The van der Waals surface area contributed by atoms with Crippen LogP contribution in [0.3, 0.4) is 0 Å². The molecule has 4 rings (SSSR count). The van der Waals surface area contributed by atoms with E-state index in [0.717, 1.165) is 38.2 Å². The van der Waals surface area contributed by atoms with Crippen LogP contribution >= 0.6 is 0 Å². The van der Waals surface area contributed by atoms with E-state index in [1.807, 2.05) is 11.0 Å². The molecule has 1 amide bonds. The monoisotopic (exact) mass is 356 g/mol. The molecule has 142 valence electrons. The molecule has 2 heterocycles. The van der Waals surface area contributed by atoms with Gasteiger partial charge in [-0.15, -0.1) is 0 Å². The summed E-state index contributed by atoms with van der Waals surface area (Å²) in [6.07, 6.45) is 10.0. The molecule has 2 aliphatic heterocycles. The molecule has 0 N–H and O–H groups in total. The van der Waals surface area contributed by atoms with Crippen LogP contribution in [0.4, 0.5) is 0 Å². The SMILES string of the molecule is O=C(COc1ccc2c(c1)CCC2)N1CCC[C@H](CN2CCCCC2)C1. The Bertz CT molecular complexity index is 625. The number of rotatable bonds is 5. The van der Waals surface area contributed by atoms with E-state index >= 15 is 0 Å². The van der Waals surface area contributed by atoms with Crippen LogP contribution in [0.25, 0.3) is 0 Å². The molecule has 0 aromatic heterocycles. The first-order valence-electron chi connectivity index (χ1n) is 10.5. The van der Waals surface area contributed by atoms with E-state index in [1.54, 1.807) is 0 Å². The molecule has 0 radical (unpaired) electrons. The second-order valence-electron chi connectivity index (χ2n) is 8.28. The predicted molar refractivity (Wildman–Crippen MR) is 104 cm³/mol. The Kier molecular flexibility index (Phi) is 5.78. The lowest BCUT2D eigenvalue weighted by atomic mass is 9.96. The highest BCUT2D eigenvalue weighted by molar-refractivity contribution is 5.77. The molecule has 2 fully saturated rings. The summed E-state index contributed by atoms with van der Waals surface area (Å²) in [6, 6.07) is 6.31. The zero-order chi connectivity index (χ0) is 17.8. The number of likely N-dealkylation sites (tertiary alicyclic amines) is 2. The van der Waals surface area contributed by atoms with Gasteiger partial charge in [-0.2, -0.15) is 0 Å². The lowest BCUT2D eigenvalue weighted by Gasteiger charge is -2.36. The summed E-state index contributed by atoms with van der Waals surface area (Å²) >= 11 is 0. The fourth-order valence-corrected chi connectivity index (χ4v) is 4.82. The number of carbonyl (C=O) groups is 1. The van der Waals surface area contributed by atoms with Crippen LogP contribution in [0.5, 0.6) is 5.75 Å². The van der Waals surface area contributed by atoms with Crippen molar-refractivity contribution in [3.8, 4) is 5.75 Å². The highest BCUT2D eigenvalue weighted by atomic mass is 16.5. The van der Waals surface area contributed by atoms with E-state index in [4.69, 9.17) is 4.74 Å². The maximum atomic E-state index is 12.6. The Morgan fingerprint density at radius 2 is 1.85 bits per heavy atom. The summed E-state index contributed by atoms with van der Waals surface area (Å²) in [4.78, 5) is 17.3. The zero-order valence-electron chi connectivity index (χ0n) is 15.9. The molecule has 0 saturated carbocycles. The van der Waals surface area contributed by atoms with Gasteiger partial charge in [0.1, 0.15) is 5.75 Å². The summed E-state index contributed by atoms with van der Waals surface area (Å²) in [7, 11) is 0. The Hall–Kier alpha value is -1.55. The third kappa shape index (κ3) is 4.40. The Balaban J connectivity index is 1.26. The zero-order valence-corrected chi connectivity index (χ0v) is 15.9. The number of hydrogen-bond acceptors (Lipinski definition) is 3. The van der Waals surface area contributed by atoms with E-state index < -0.39 is 0 Å². The summed E-state index contributed by atoms with van der Waals surface area (Å²) in [6.45, 7) is 5.62. The average Bonchev–Trinajstić information content (AvgIpc) is 3.15. The third-order valence-corrected chi connectivity index (χ3v) is 6.27. The highest BCUT2D eigenvalue weighted by Crippen LogP contribution is 2.26. The minimum Gasteiger partial charge on any atom is -0.484 e. The van der Waals surface area contributed by atoms with Crippen LogP contribution in [-0.2, 0) is 17.6 Å². The van der Waals surface area contributed by atoms with Crippen molar-refractivity contribution in [2.45, 2.75) is 51.4 Å². The van der Waals surface area contributed by atoms with Gasteiger partial charge in [0, 0.05) is 19.6 Å². The maximum Gasteiger partial charge on any atom is 0.260 e. The van der Waals surface area contributed by atoms with Crippen LogP contribution in [0.1, 0.15) is 49.7 Å². The predicted octanol–water partition coefficient (Wildman–Crippen LogP) is 3.28. The van der Waals surface area contributed by atoms with Gasteiger partial charge >= 0.3 is 0 Å². The third-order valence-electron chi connectivity index (χ3n) is 6.27. The molecule has 3 aliphatic rings. The number of piperidine rings is 2. The molecule has 4 heteroatoms. The molecule has 1 atom stereocenters. The Morgan fingerprint density at radius 1 is 1.00 bits per heavy atom. The number of ether oxygens (including phenoxy) is 1. The van der Waals surface area contributed by atoms with Gasteiger partial charge in [-0.05, 0) is 87.2 Å². The molecule has 26 heavy (non-hydrogen) atoms. The number of benzene rings is 1. The summed E-state index contributed by atoms with van der Waals surface area (Å²) in [5.41, 5.74) is 2.84.